The number of carbonyl (C=O) groups excluding carboxylic acids is 1. The molecular formula is C55H65BrN2O8. The Balaban J connectivity index is 0.000000179. The van der Waals surface area contributed by atoms with E-state index in [0.717, 1.165) is 27.8 Å². The van der Waals surface area contributed by atoms with E-state index in [-0.39, 0.29) is 41.3 Å². The van der Waals surface area contributed by atoms with Crippen LogP contribution in [0.1, 0.15) is 162 Å². The number of carboxylic acid groups (broad SMARTS) is 1. The van der Waals surface area contributed by atoms with Crippen molar-refractivity contribution in [2.24, 2.45) is 0 Å². The molecule has 2 aliphatic rings. The molecule has 2 aromatic heterocycles. The first-order valence-corrected chi connectivity index (χ1v) is 23.8. The van der Waals surface area contributed by atoms with E-state index in [2.05, 4.69) is 122 Å². The number of oxazole rings is 2. The molecule has 66 heavy (non-hydrogen) atoms. The number of phenols is 1. The van der Waals surface area contributed by atoms with Crippen LogP contribution in [0.2, 0.25) is 0 Å². The Labute approximate surface area is 398 Å². The summed E-state index contributed by atoms with van der Waals surface area (Å²) in [5, 5.41) is 19.5. The highest BCUT2D eigenvalue weighted by molar-refractivity contribution is 9.08. The summed E-state index contributed by atoms with van der Waals surface area (Å²) in [6.07, 6.45) is 11.0. The van der Waals surface area contributed by atoms with E-state index in [4.69, 9.17) is 13.6 Å². The Bertz CT molecular complexity index is 2520. The minimum Gasteiger partial charge on any atom is -0.508 e. The number of hydrogen-bond acceptors (Lipinski definition) is 9. The molecule has 2 heterocycles. The molecule has 0 saturated heterocycles. The summed E-state index contributed by atoms with van der Waals surface area (Å²) >= 11 is 3.55. The summed E-state index contributed by atoms with van der Waals surface area (Å²) in [4.78, 5) is 30.9. The van der Waals surface area contributed by atoms with Gasteiger partial charge in [-0.2, -0.15) is 0 Å². The number of fused-ring (bicyclic) bond motifs is 2. The molecular weight excluding hydrogens is 897 g/mol. The summed E-state index contributed by atoms with van der Waals surface area (Å²) < 4.78 is 21.3. The van der Waals surface area contributed by atoms with E-state index in [1.807, 2.05) is 24.3 Å². The largest absolute Gasteiger partial charge is 0.508 e. The van der Waals surface area contributed by atoms with Gasteiger partial charge in [0, 0.05) is 5.33 Å². The Morgan fingerprint density at radius 3 is 1.52 bits per heavy atom. The molecule has 0 fully saturated rings. The lowest BCUT2D eigenvalue weighted by Gasteiger charge is -2.42. The third-order valence-corrected chi connectivity index (χ3v) is 14.1. The molecule has 2 atom stereocenters. The maximum atomic E-state index is 11.4. The second-order valence-electron chi connectivity index (χ2n) is 20.1. The van der Waals surface area contributed by atoms with Gasteiger partial charge in [0.25, 0.3) is 0 Å². The third-order valence-electron chi connectivity index (χ3n) is 13.4. The van der Waals surface area contributed by atoms with E-state index in [1.54, 1.807) is 35.4 Å². The maximum absolute atomic E-state index is 11.4. The highest BCUT2D eigenvalue weighted by atomic mass is 79.9. The molecule has 4 aromatic carbocycles. The van der Waals surface area contributed by atoms with Crippen molar-refractivity contribution in [3.05, 3.63) is 166 Å². The Hall–Kier alpha value is -5.68. The van der Waals surface area contributed by atoms with Gasteiger partial charge < -0.3 is 28.5 Å². The lowest BCUT2D eigenvalue weighted by Crippen LogP contribution is -2.33. The normalized spacial score (nSPS) is 16.9. The second kappa shape index (κ2) is 20.9. The number of esters is 1. The number of aromatic hydroxyl groups is 1. The molecule has 0 saturated carbocycles. The molecule has 0 bridgehead atoms. The zero-order valence-electron chi connectivity index (χ0n) is 39.8. The van der Waals surface area contributed by atoms with Crippen molar-refractivity contribution in [3.8, 4) is 11.5 Å². The van der Waals surface area contributed by atoms with Crippen molar-refractivity contribution >= 4 is 27.9 Å². The second-order valence-corrected chi connectivity index (χ2v) is 20.7. The van der Waals surface area contributed by atoms with Gasteiger partial charge in [0.05, 0.1) is 44.2 Å². The quantitative estimate of drug-likeness (QED) is 0.0898. The van der Waals surface area contributed by atoms with Crippen molar-refractivity contribution in [2.75, 3.05) is 7.11 Å². The number of rotatable bonds is 12. The van der Waals surface area contributed by atoms with Gasteiger partial charge >= 0.3 is 11.9 Å². The van der Waals surface area contributed by atoms with Crippen LogP contribution in [0.25, 0.3) is 0 Å². The number of methoxy groups -OCH3 is 1. The first-order chi connectivity index (χ1) is 31.2. The molecule has 0 aliphatic heterocycles. The van der Waals surface area contributed by atoms with E-state index >= 15 is 0 Å². The number of carboxylic acids is 1. The number of hydrogen-bond donors (Lipinski definition) is 2. The highest BCUT2D eigenvalue weighted by Gasteiger charge is 2.38. The Morgan fingerprint density at radius 1 is 0.636 bits per heavy atom. The van der Waals surface area contributed by atoms with Crippen molar-refractivity contribution in [1.82, 2.24) is 9.97 Å². The van der Waals surface area contributed by atoms with Crippen molar-refractivity contribution in [3.63, 3.8) is 0 Å². The number of halogens is 1. The molecule has 10 nitrogen and oxygen atoms in total. The summed E-state index contributed by atoms with van der Waals surface area (Å²) in [6, 6.07) is 27.8. The van der Waals surface area contributed by atoms with Crippen molar-refractivity contribution in [1.29, 1.82) is 0 Å². The monoisotopic (exact) mass is 960 g/mol. The number of phenolic OH excluding ortho intramolecular Hbond substituents is 1. The maximum Gasteiger partial charge on any atom is 0.306 e. The van der Waals surface area contributed by atoms with E-state index in [0.29, 0.717) is 29.2 Å². The lowest BCUT2D eigenvalue weighted by atomic mass is 9.63. The fourth-order valence-corrected chi connectivity index (χ4v) is 9.40. The van der Waals surface area contributed by atoms with E-state index < -0.39 is 11.9 Å². The Morgan fingerprint density at radius 2 is 1.08 bits per heavy atom. The number of benzene rings is 4. The van der Waals surface area contributed by atoms with Gasteiger partial charge in [0.1, 0.15) is 30.6 Å². The van der Waals surface area contributed by atoms with Crippen LogP contribution in [0.4, 0.5) is 0 Å². The molecule has 8 rings (SSSR count). The average Bonchev–Trinajstić information content (AvgIpc) is 4.04. The number of aromatic nitrogens is 2. The van der Waals surface area contributed by atoms with Gasteiger partial charge in [-0.3, -0.25) is 9.59 Å². The summed E-state index contributed by atoms with van der Waals surface area (Å²) in [5.74, 6) is -0.212. The summed E-state index contributed by atoms with van der Waals surface area (Å²) in [5.41, 5.74) is 11.2. The van der Waals surface area contributed by atoms with Gasteiger partial charge in [-0.05, 0) is 116 Å². The molecule has 350 valence electrons. The van der Waals surface area contributed by atoms with Crippen LogP contribution in [0.5, 0.6) is 11.5 Å². The van der Waals surface area contributed by atoms with Crippen LogP contribution in [0, 0.1) is 0 Å². The number of carbonyl (C=O) groups is 2. The van der Waals surface area contributed by atoms with Gasteiger partial charge in [-0.25, -0.2) is 9.97 Å². The Kier molecular flexibility index (Phi) is 15.7. The van der Waals surface area contributed by atoms with Gasteiger partial charge in [-0.1, -0.05) is 132 Å². The van der Waals surface area contributed by atoms with Crippen molar-refractivity contribution in [2.45, 2.75) is 139 Å². The zero-order valence-corrected chi connectivity index (χ0v) is 41.4. The van der Waals surface area contributed by atoms with Crippen LogP contribution in [-0.4, -0.2) is 39.2 Å². The smallest absolute Gasteiger partial charge is 0.306 e. The summed E-state index contributed by atoms with van der Waals surface area (Å²) in [7, 11) is 1.34. The number of ether oxygens (including phenoxy) is 2. The minimum absolute atomic E-state index is 0.0814. The average molecular weight is 962 g/mol. The number of alkyl halides is 1. The molecule has 0 unspecified atom stereocenters. The van der Waals surface area contributed by atoms with Gasteiger partial charge in [-0.15, -0.1) is 0 Å². The van der Waals surface area contributed by atoms with Gasteiger partial charge in [0.2, 0.25) is 11.8 Å². The molecule has 0 radical (unpaired) electrons. The van der Waals surface area contributed by atoms with Crippen LogP contribution in [-0.2, 0) is 47.9 Å². The fraction of sp³-hybridized carbons (Fsp3) is 0.418. The molecule has 11 heteroatoms. The standard InChI is InChI=1S/C27H31NO4.C15H21Br.C13H13NO4/c1-26(2)11-12-27(3,4)23-15-18(5-10-22(23)26)17-32-20-8-6-19(7-9-20)21(16-24(29)30)25-28-13-14-31-25;1-14(2)7-8-15(3,4)13-9-11(10-16)5-6-12(13)14;1-17-12(16)8-11(13-14-6-7-18-13)9-2-4-10(15)5-3-9/h5-10,13-15,21H,11-12,16-17H2,1-4H3,(H,29,30);5-6,9H,7-8,10H2,1-4H3;2-7,11,15H,8H2,1H3/t21-;;11-/m0.0/s1. The molecule has 0 spiro atoms. The van der Waals surface area contributed by atoms with Crippen LogP contribution >= 0.6 is 15.9 Å². The predicted molar refractivity (Wildman–Crippen MR) is 261 cm³/mol. The first kappa shape index (κ1) is 49.7. The van der Waals surface area contributed by atoms with Crippen LogP contribution in [0.3, 0.4) is 0 Å². The number of aliphatic carboxylic acids is 1. The van der Waals surface area contributed by atoms with E-state index in [1.165, 1.54) is 74.4 Å². The molecule has 2 aliphatic carbocycles. The molecule has 2 N–H and O–H groups in total. The van der Waals surface area contributed by atoms with Crippen molar-refractivity contribution < 1.29 is 38.1 Å². The first-order valence-electron chi connectivity index (χ1n) is 22.7. The summed E-state index contributed by atoms with van der Waals surface area (Å²) in [6.45, 7) is 19.3. The third kappa shape index (κ3) is 12.2. The van der Waals surface area contributed by atoms with E-state index in [9.17, 15) is 19.8 Å². The minimum atomic E-state index is -0.896. The lowest BCUT2D eigenvalue weighted by molar-refractivity contribution is -0.141. The number of nitrogens with zero attached hydrogens (tertiary/aromatic N) is 2. The fourth-order valence-electron chi connectivity index (χ4n) is 9.05. The predicted octanol–water partition coefficient (Wildman–Crippen LogP) is 13.2. The van der Waals surface area contributed by atoms with Crippen LogP contribution < -0.4 is 4.74 Å². The molecule has 6 aromatic rings. The molecule has 0 amide bonds. The van der Waals surface area contributed by atoms with Crippen LogP contribution in [0.15, 0.2) is 119 Å². The SMILES string of the molecule is CC1(C)CCC(C)(C)c2cc(CBr)ccc21.CC1(C)CCC(C)(C)c2cc(COc3ccc([C@H](CC(=O)O)c4ncco4)cc3)ccc21.COC(=O)C[C@@H](c1ccc(O)cc1)c1ncco1. The highest BCUT2D eigenvalue weighted by Crippen LogP contribution is 2.47. The topological polar surface area (TPSA) is 145 Å². The zero-order chi connectivity index (χ0) is 47.9. The van der Waals surface area contributed by atoms with Gasteiger partial charge in [0.15, 0.2) is 0 Å².